The van der Waals surface area contributed by atoms with E-state index in [0.717, 1.165) is 26.2 Å². The first-order valence-corrected chi connectivity index (χ1v) is 4.98. The van der Waals surface area contributed by atoms with Gasteiger partial charge in [-0.05, 0) is 7.05 Å². The van der Waals surface area contributed by atoms with Crippen molar-refractivity contribution >= 4 is 31.2 Å². The van der Waals surface area contributed by atoms with Gasteiger partial charge in [-0.3, -0.25) is 4.79 Å². The van der Waals surface area contributed by atoms with Gasteiger partial charge in [0.15, 0.2) is 0 Å². The molecule has 1 aliphatic rings. The standard InChI is InChI=1S/C7H14N2OS2/c1-8-2-4-9(5-3-8)6(10)7(11)12/h7,11-12H,2-5H2,1H3. The maximum absolute atomic E-state index is 11.4. The molecule has 0 bridgehead atoms. The van der Waals surface area contributed by atoms with Gasteiger partial charge in [-0.25, -0.2) is 0 Å². The molecule has 3 nitrogen and oxygen atoms in total. The van der Waals surface area contributed by atoms with Crippen molar-refractivity contribution in [2.75, 3.05) is 33.2 Å². The summed E-state index contributed by atoms with van der Waals surface area (Å²) in [6.45, 7) is 3.49. The molecule has 1 fully saturated rings. The number of thiol groups is 2. The maximum Gasteiger partial charge on any atom is 0.245 e. The second kappa shape index (κ2) is 4.39. The predicted molar refractivity (Wildman–Crippen MR) is 55.8 cm³/mol. The number of rotatable bonds is 1. The molecular weight excluding hydrogens is 192 g/mol. The number of carbonyl (C=O) groups is 1. The minimum Gasteiger partial charge on any atom is -0.338 e. The molecule has 0 N–H and O–H groups in total. The van der Waals surface area contributed by atoms with Crippen molar-refractivity contribution in [1.82, 2.24) is 9.80 Å². The Labute approximate surface area is 83.9 Å². The summed E-state index contributed by atoms with van der Waals surface area (Å²) < 4.78 is -0.464. The van der Waals surface area contributed by atoms with Crippen molar-refractivity contribution in [3.05, 3.63) is 0 Å². The van der Waals surface area contributed by atoms with Crippen LogP contribution < -0.4 is 0 Å². The van der Waals surface area contributed by atoms with Gasteiger partial charge in [0.25, 0.3) is 0 Å². The van der Waals surface area contributed by atoms with Crippen molar-refractivity contribution in [1.29, 1.82) is 0 Å². The monoisotopic (exact) mass is 206 g/mol. The number of hydrogen-bond acceptors (Lipinski definition) is 4. The summed E-state index contributed by atoms with van der Waals surface area (Å²) in [5, 5.41) is 0. The summed E-state index contributed by atoms with van der Waals surface area (Å²) >= 11 is 7.97. The third-order valence-corrected chi connectivity index (χ3v) is 2.48. The van der Waals surface area contributed by atoms with Crippen molar-refractivity contribution in [3.63, 3.8) is 0 Å². The van der Waals surface area contributed by atoms with E-state index in [0.29, 0.717) is 0 Å². The minimum atomic E-state index is -0.464. The second-order valence-electron chi connectivity index (χ2n) is 3.00. The molecule has 1 heterocycles. The van der Waals surface area contributed by atoms with Gasteiger partial charge in [0.1, 0.15) is 4.58 Å². The Balaban J connectivity index is 2.39. The highest BCUT2D eigenvalue weighted by Crippen LogP contribution is 2.08. The number of likely N-dealkylation sites (N-methyl/N-ethyl adjacent to an activating group) is 1. The number of carbonyl (C=O) groups excluding carboxylic acids is 1. The highest BCUT2D eigenvalue weighted by Gasteiger charge is 2.21. The van der Waals surface area contributed by atoms with Gasteiger partial charge in [-0.1, -0.05) is 0 Å². The number of amides is 1. The second-order valence-corrected chi connectivity index (χ2v) is 4.44. The summed E-state index contributed by atoms with van der Waals surface area (Å²) in [5.74, 6) is 0.0229. The number of hydrogen-bond donors (Lipinski definition) is 2. The van der Waals surface area contributed by atoms with Crippen LogP contribution in [0.15, 0.2) is 0 Å². The summed E-state index contributed by atoms with van der Waals surface area (Å²) in [4.78, 5) is 15.4. The Hall–Kier alpha value is 0.130. The Morgan fingerprint density at radius 2 is 1.75 bits per heavy atom. The zero-order chi connectivity index (χ0) is 9.14. The molecule has 1 saturated heterocycles. The van der Waals surface area contributed by atoms with E-state index >= 15 is 0 Å². The quantitative estimate of drug-likeness (QED) is 0.464. The molecule has 0 unspecified atom stereocenters. The molecule has 1 aliphatic heterocycles. The summed E-state index contributed by atoms with van der Waals surface area (Å²) in [5.41, 5.74) is 0. The average molecular weight is 206 g/mol. The highest BCUT2D eigenvalue weighted by atomic mass is 32.2. The molecule has 0 aromatic carbocycles. The first-order chi connectivity index (χ1) is 5.61. The van der Waals surface area contributed by atoms with Crippen LogP contribution in [-0.4, -0.2) is 53.5 Å². The van der Waals surface area contributed by atoms with Crippen LogP contribution in [0.1, 0.15) is 0 Å². The molecule has 12 heavy (non-hydrogen) atoms. The lowest BCUT2D eigenvalue weighted by Gasteiger charge is -2.33. The Morgan fingerprint density at radius 1 is 1.25 bits per heavy atom. The smallest absolute Gasteiger partial charge is 0.245 e. The SMILES string of the molecule is CN1CCN(C(=O)C(S)S)CC1. The highest BCUT2D eigenvalue weighted by molar-refractivity contribution is 8.00. The summed E-state index contributed by atoms with van der Waals surface area (Å²) in [6.07, 6.45) is 0. The van der Waals surface area contributed by atoms with Crippen LogP contribution in [0.4, 0.5) is 0 Å². The van der Waals surface area contributed by atoms with Crippen LogP contribution >= 0.6 is 25.3 Å². The van der Waals surface area contributed by atoms with Crippen molar-refractivity contribution in [3.8, 4) is 0 Å². The molecular formula is C7H14N2OS2. The first kappa shape index (κ1) is 10.2. The fourth-order valence-corrected chi connectivity index (χ4v) is 1.52. The predicted octanol–water partition coefficient (Wildman–Crippen LogP) is -0.0539. The number of nitrogens with zero attached hydrogens (tertiary/aromatic N) is 2. The first-order valence-electron chi connectivity index (χ1n) is 3.94. The Morgan fingerprint density at radius 3 is 2.17 bits per heavy atom. The third kappa shape index (κ3) is 2.57. The van der Waals surface area contributed by atoms with Crippen molar-refractivity contribution in [2.24, 2.45) is 0 Å². The molecule has 70 valence electrons. The van der Waals surface area contributed by atoms with Crippen LogP contribution in [0.2, 0.25) is 0 Å². The summed E-state index contributed by atoms with van der Waals surface area (Å²) in [7, 11) is 2.06. The third-order valence-electron chi connectivity index (χ3n) is 2.04. The molecule has 1 amide bonds. The lowest BCUT2D eigenvalue weighted by Crippen LogP contribution is -2.48. The molecule has 0 aromatic rings. The molecule has 0 spiro atoms. The van der Waals surface area contributed by atoms with Crippen molar-refractivity contribution in [2.45, 2.75) is 4.58 Å². The molecule has 1 rings (SSSR count). The van der Waals surface area contributed by atoms with Crippen LogP contribution in [0.3, 0.4) is 0 Å². The normalized spacial score (nSPS) is 20.2. The zero-order valence-corrected chi connectivity index (χ0v) is 8.89. The fraction of sp³-hybridized carbons (Fsp3) is 0.857. The van der Waals surface area contributed by atoms with E-state index < -0.39 is 4.58 Å². The van der Waals surface area contributed by atoms with Crippen LogP contribution in [0, 0.1) is 0 Å². The van der Waals surface area contributed by atoms with Gasteiger partial charge in [0.2, 0.25) is 5.91 Å². The van der Waals surface area contributed by atoms with E-state index in [2.05, 4.69) is 37.2 Å². The van der Waals surface area contributed by atoms with E-state index in [1.54, 1.807) is 0 Å². The van der Waals surface area contributed by atoms with Crippen LogP contribution in [0.25, 0.3) is 0 Å². The van der Waals surface area contributed by atoms with Gasteiger partial charge in [0, 0.05) is 26.2 Å². The van der Waals surface area contributed by atoms with Gasteiger partial charge >= 0.3 is 0 Å². The summed E-state index contributed by atoms with van der Waals surface area (Å²) in [6, 6.07) is 0. The Kier molecular flexibility index (Phi) is 3.74. The molecule has 0 aliphatic carbocycles. The Bertz CT molecular complexity index is 167. The molecule has 0 aromatic heterocycles. The van der Waals surface area contributed by atoms with E-state index in [1.807, 2.05) is 4.90 Å². The van der Waals surface area contributed by atoms with E-state index in [-0.39, 0.29) is 5.91 Å². The average Bonchev–Trinajstić information content (AvgIpc) is 2.04. The van der Waals surface area contributed by atoms with E-state index in [9.17, 15) is 4.79 Å². The maximum atomic E-state index is 11.4. The topological polar surface area (TPSA) is 23.6 Å². The van der Waals surface area contributed by atoms with Gasteiger partial charge in [0.05, 0.1) is 0 Å². The van der Waals surface area contributed by atoms with E-state index in [4.69, 9.17) is 0 Å². The molecule has 0 saturated carbocycles. The molecule has 5 heteroatoms. The lowest BCUT2D eigenvalue weighted by atomic mass is 10.3. The van der Waals surface area contributed by atoms with Crippen LogP contribution in [-0.2, 0) is 4.79 Å². The van der Waals surface area contributed by atoms with Gasteiger partial charge < -0.3 is 9.80 Å². The minimum absolute atomic E-state index is 0.0229. The fourth-order valence-electron chi connectivity index (χ4n) is 1.19. The van der Waals surface area contributed by atoms with Gasteiger partial charge in [-0.15, -0.1) is 0 Å². The van der Waals surface area contributed by atoms with E-state index in [1.165, 1.54) is 0 Å². The largest absolute Gasteiger partial charge is 0.338 e. The van der Waals surface area contributed by atoms with Crippen LogP contribution in [0.5, 0.6) is 0 Å². The zero-order valence-electron chi connectivity index (χ0n) is 7.10. The van der Waals surface area contributed by atoms with Crippen molar-refractivity contribution < 1.29 is 4.79 Å². The number of piperazine rings is 1. The molecule has 0 atom stereocenters. The molecule has 0 radical (unpaired) electrons. The lowest BCUT2D eigenvalue weighted by molar-refractivity contribution is -0.130. The van der Waals surface area contributed by atoms with Gasteiger partial charge in [-0.2, -0.15) is 25.3 Å².